The van der Waals surface area contributed by atoms with E-state index in [4.69, 9.17) is 0 Å². The zero-order chi connectivity index (χ0) is 21.7. The summed E-state index contributed by atoms with van der Waals surface area (Å²) in [5.74, 6) is -0.307. The maximum atomic E-state index is 12.9. The van der Waals surface area contributed by atoms with Gasteiger partial charge in [0, 0.05) is 11.3 Å². The molecule has 1 atom stereocenters. The van der Waals surface area contributed by atoms with E-state index in [0.29, 0.717) is 16.8 Å². The molecule has 2 N–H and O–H groups in total. The van der Waals surface area contributed by atoms with Gasteiger partial charge in [-0.2, -0.15) is 0 Å². The third-order valence-corrected chi connectivity index (χ3v) is 6.48. The monoisotopic (exact) mass is 422 g/mol. The quantitative estimate of drug-likeness (QED) is 0.563. The van der Waals surface area contributed by atoms with E-state index in [1.54, 1.807) is 43.3 Å². The molecule has 30 heavy (non-hydrogen) atoms. The van der Waals surface area contributed by atoms with E-state index in [1.807, 2.05) is 44.2 Å². The second kappa shape index (κ2) is 9.13. The van der Waals surface area contributed by atoms with E-state index >= 15 is 0 Å². The molecule has 0 radical (unpaired) electrons. The maximum absolute atomic E-state index is 12.9. The number of nitrogens with one attached hydrogen (secondary N) is 2. The number of hydrogen-bond donors (Lipinski definition) is 2. The molecule has 0 aliphatic rings. The normalized spacial score (nSPS) is 12.2. The van der Waals surface area contributed by atoms with E-state index < -0.39 is 10.0 Å². The van der Waals surface area contributed by atoms with Gasteiger partial charge in [-0.3, -0.25) is 9.52 Å². The summed E-state index contributed by atoms with van der Waals surface area (Å²) >= 11 is 0. The van der Waals surface area contributed by atoms with Gasteiger partial charge in [-0.15, -0.1) is 0 Å². The molecule has 0 fully saturated rings. The van der Waals surface area contributed by atoms with Crippen molar-refractivity contribution in [3.05, 3.63) is 95.1 Å². The number of aryl methyl sites for hydroxylation is 2. The highest BCUT2D eigenvalue weighted by molar-refractivity contribution is 7.92. The highest BCUT2D eigenvalue weighted by Crippen LogP contribution is 2.22. The third kappa shape index (κ3) is 5.07. The zero-order valence-electron chi connectivity index (χ0n) is 17.3. The van der Waals surface area contributed by atoms with Crippen molar-refractivity contribution < 1.29 is 13.2 Å². The summed E-state index contributed by atoms with van der Waals surface area (Å²) in [7, 11) is -3.82. The van der Waals surface area contributed by atoms with Crippen molar-refractivity contribution in [1.29, 1.82) is 0 Å². The van der Waals surface area contributed by atoms with Crippen molar-refractivity contribution in [3.8, 4) is 0 Å². The Morgan fingerprint density at radius 2 is 1.60 bits per heavy atom. The van der Waals surface area contributed by atoms with E-state index in [1.165, 1.54) is 6.07 Å². The highest BCUT2D eigenvalue weighted by Gasteiger charge is 2.21. The van der Waals surface area contributed by atoms with Crippen molar-refractivity contribution in [3.63, 3.8) is 0 Å². The first-order chi connectivity index (χ1) is 14.3. The van der Waals surface area contributed by atoms with Crippen molar-refractivity contribution in [2.24, 2.45) is 0 Å². The van der Waals surface area contributed by atoms with Crippen LogP contribution in [0.25, 0.3) is 0 Å². The summed E-state index contributed by atoms with van der Waals surface area (Å²) in [4.78, 5) is 13.0. The molecule has 0 spiro atoms. The van der Waals surface area contributed by atoms with Crippen LogP contribution in [0.1, 0.15) is 46.4 Å². The first-order valence-corrected chi connectivity index (χ1v) is 11.3. The lowest BCUT2D eigenvalue weighted by molar-refractivity contribution is 0.0935. The fraction of sp³-hybridized carbons (Fsp3) is 0.208. The van der Waals surface area contributed by atoms with Gasteiger partial charge in [0.15, 0.2) is 0 Å². The maximum Gasteiger partial charge on any atom is 0.262 e. The average molecular weight is 423 g/mol. The Morgan fingerprint density at radius 1 is 0.933 bits per heavy atom. The van der Waals surface area contributed by atoms with Crippen molar-refractivity contribution in [1.82, 2.24) is 5.32 Å². The van der Waals surface area contributed by atoms with Crippen LogP contribution in [0, 0.1) is 13.8 Å². The molecule has 6 heteroatoms. The Kier molecular flexibility index (Phi) is 6.57. The average Bonchev–Trinajstić information content (AvgIpc) is 2.73. The molecule has 0 aliphatic heterocycles. The molecule has 5 nitrogen and oxygen atoms in total. The zero-order valence-corrected chi connectivity index (χ0v) is 18.2. The van der Waals surface area contributed by atoms with Crippen LogP contribution in [0.2, 0.25) is 0 Å². The van der Waals surface area contributed by atoms with Crippen molar-refractivity contribution >= 4 is 21.6 Å². The molecule has 3 aromatic carbocycles. The standard InChI is InChI=1S/C24H26N2O3S/c1-4-22(19-13-10-17(2)11-14-19)25-24(27)20-15-12-18(3)23(16-20)30(28,29)26-21-8-6-5-7-9-21/h5-16,22,26H,4H2,1-3H3,(H,25,27)/t22-/m1/s1. The lowest BCUT2D eigenvalue weighted by Crippen LogP contribution is -2.28. The van der Waals surface area contributed by atoms with Crippen molar-refractivity contribution in [2.45, 2.75) is 38.1 Å². The first kappa shape index (κ1) is 21.6. The number of anilines is 1. The number of carbonyl (C=O) groups excluding carboxylic acids is 1. The van der Waals surface area contributed by atoms with Gasteiger partial charge in [0.25, 0.3) is 15.9 Å². The van der Waals surface area contributed by atoms with Crippen LogP contribution in [-0.4, -0.2) is 14.3 Å². The molecule has 0 bridgehead atoms. The number of carbonyl (C=O) groups is 1. The SMILES string of the molecule is CC[C@@H](NC(=O)c1ccc(C)c(S(=O)(=O)Nc2ccccc2)c1)c1ccc(C)cc1. The molecule has 156 valence electrons. The number of benzene rings is 3. The van der Waals surface area contributed by atoms with Gasteiger partial charge in [-0.1, -0.05) is 61.0 Å². The second-order valence-corrected chi connectivity index (χ2v) is 8.95. The lowest BCUT2D eigenvalue weighted by Gasteiger charge is -2.18. The van der Waals surface area contributed by atoms with Crippen LogP contribution in [0.5, 0.6) is 0 Å². The predicted molar refractivity (Wildman–Crippen MR) is 120 cm³/mol. The smallest absolute Gasteiger partial charge is 0.262 e. The van der Waals surface area contributed by atoms with Crippen LogP contribution in [0.4, 0.5) is 5.69 Å². The lowest BCUT2D eigenvalue weighted by atomic mass is 10.0. The molecule has 0 saturated carbocycles. The minimum Gasteiger partial charge on any atom is -0.345 e. The molecule has 0 aliphatic carbocycles. The minimum atomic E-state index is -3.82. The van der Waals surface area contributed by atoms with E-state index in [0.717, 1.165) is 17.5 Å². The molecule has 0 heterocycles. The Bertz CT molecular complexity index is 1120. The number of hydrogen-bond acceptors (Lipinski definition) is 3. The fourth-order valence-electron chi connectivity index (χ4n) is 3.21. The molecule has 3 aromatic rings. The van der Waals surface area contributed by atoms with Gasteiger partial charge in [-0.05, 0) is 55.7 Å². The summed E-state index contributed by atoms with van der Waals surface area (Å²) in [6.07, 6.45) is 0.724. The summed E-state index contributed by atoms with van der Waals surface area (Å²) in [6.45, 7) is 5.73. The molecular formula is C24H26N2O3S. The van der Waals surface area contributed by atoms with Gasteiger partial charge < -0.3 is 5.32 Å². The largest absolute Gasteiger partial charge is 0.345 e. The number of sulfonamides is 1. The minimum absolute atomic E-state index is 0.0855. The van der Waals surface area contributed by atoms with E-state index in [-0.39, 0.29) is 16.8 Å². The molecule has 0 saturated heterocycles. The summed E-state index contributed by atoms with van der Waals surface area (Å²) < 4.78 is 28.3. The van der Waals surface area contributed by atoms with Crippen LogP contribution < -0.4 is 10.0 Å². The topological polar surface area (TPSA) is 75.3 Å². The molecule has 0 aromatic heterocycles. The summed E-state index contributed by atoms with van der Waals surface area (Å²) in [6, 6.07) is 21.3. The molecule has 0 unspecified atom stereocenters. The Morgan fingerprint density at radius 3 is 2.23 bits per heavy atom. The van der Waals surface area contributed by atoms with Crippen LogP contribution in [0.15, 0.2) is 77.7 Å². The van der Waals surface area contributed by atoms with Gasteiger partial charge in [0.2, 0.25) is 0 Å². The van der Waals surface area contributed by atoms with Crippen LogP contribution in [0.3, 0.4) is 0 Å². The Labute approximate surface area is 178 Å². The second-order valence-electron chi connectivity index (χ2n) is 7.30. The van der Waals surface area contributed by atoms with Gasteiger partial charge in [0.05, 0.1) is 10.9 Å². The molecule has 1 amide bonds. The summed E-state index contributed by atoms with van der Waals surface area (Å²) in [5.41, 5.74) is 3.51. The first-order valence-electron chi connectivity index (χ1n) is 9.86. The van der Waals surface area contributed by atoms with Gasteiger partial charge >= 0.3 is 0 Å². The van der Waals surface area contributed by atoms with E-state index in [9.17, 15) is 13.2 Å². The van der Waals surface area contributed by atoms with E-state index in [2.05, 4.69) is 10.0 Å². The van der Waals surface area contributed by atoms with Gasteiger partial charge in [-0.25, -0.2) is 8.42 Å². The highest BCUT2D eigenvalue weighted by atomic mass is 32.2. The number of rotatable bonds is 7. The fourth-order valence-corrected chi connectivity index (χ4v) is 4.54. The number of amides is 1. The Hall–Kier alpha value is -3.12. The third-order valence-electron chi connectivity index (χ3n) is 4.96. The Balaban J connectivity index is 1.84. The molecule has 3 rings (SSSR count). The predicted octanol–water partition coefficient (Wildman–Crippen LogP) is 4.99. The van der Waals surface area contributed by atoms with Crippen LogP contribution in [-0.2, 0) is 10.0 Å². The summed E-state index contributed by atoms with van der Waals surface area (Å²) in [5, 5.41) is 3.01. The number of para-hydroxylation sites is 1. The molecular weight excluding hydrogens is 396 g/mol. The van der Waals surface area contributed by atoms with Crippen LogP contribution >= 0.6 is 0 Å². The van der Waals surface area contributed by atoms with Gasteiger partial charge in [0.1, 0.15) is 0 Å². The van der Waals surface area contributed by atoms with Crippen molar-refractivity contribution in [2.75, 3.05) is 4.72 Å².